The van der Waals surface area contributed by atoms with E-state index in [9.17, 15) is 0 Å². The van der Waals surface area contributed by atoms with Gasteiger partial charge in [-0.25, -0.2) is 0 Å². The largest absolute Gasteiger partial charge is 0.490 e. The molecule has 0 radical (unpaired) electrons. The van der Waals surface area contributed by atoms with Crippen LogP contribution in [0.1, 0.15) is 5.56 Å². The summed E-state index contributed by atoms with van der Waals surface area (Å²) in [5.74, 6) is 1.15. The van der Waals surface area contributed by atoms with E-state index in [1.54, 1.807) is 18.3 Å². The zero-order valence-electron chi connectivity index (χ0n) is 16.1. The van der Waals surface area contributed by atoms with Gasteiger partial charge in [0.2, 0.25) is 0 Å². The van der Waals surface area contributed by atoms with E-state index >= 15 is 0 Å². The molecule has 0 amide bonds. The number of thiocarbonyl (C=S) groups is 1. The van der Waals surface area contributed by atoms with Crippen LogP contribution >= 0.6 is 51.3 Å². The molecule has 3 aromatic carbocycles. The van der Waals surface area contributed by atoms with E-state index in [4.69, 9.17) is 44.9 Å². The van der Waals surface area contributed by atoms with Gasteiger partial charge in [0.25, 0.3) is 0 Å². The molecular formula is C22H18BrCl2N3O2S. The van der Waals surface area contributed by atoms with Gasteiger partial charge in [0.15, 0.2) is 10.9 Å². The monoisotopic (exact) mass is 537 g/mol. The van der Waals surface area contributed by atoms with Gasteiger partial charge in [-0.15, -0.1) is 0 Å². The minimum absolute atomic E-state index is 0.296. The number of nitrogens with zero attached hydrogens (tertiary/aromatic N) is 1. The third-order valence-corrected chi connectivity index (χ3v) is 5.13. The van der Waals surface area contributed by atoms with E-state index in [-0.39, 0.29) is 0 Å². The summed E-state index contributed by atoms with van der Waals surface area (Å²) >= 11 is 21.2. The van der Waals surface area contributed by atoms with Crippen LogP contribution in [0.3, 0.4) is 0 Å². The van der Waals surface area contributed by atoms with Gasteiger partial charge in [0.1, 0.15) is 19.0 Å². The predicted molar refractivity (Wildman–Crippen MR) is 135 cm³/mol. The highest BCUT2D eigenvalue weighted by atomic mass is 79.9. The number of anilines is 1. The van der Waals surface area contributed by atoms with Crippen LogP contribution in [0.4, 0.5) is 5.69 Å². The van der Waals surface area contributed by atoms with Crippen LogP contribution < -0.4 is 20.2 Å². The van der Waals surface area contributed by atoms with Crippen molar-refractivity contribution in [1.29, 1.82) is 0 Å². The number of hydrogen-bond donors (Lipinski definition) is 2. The molecule has 0 aliphatic rings. The minimum Gasteiger partial charge on any atom is -0.490 e. The van der Waals surface area contributed by atoms with Crippen molar-refractivity contribution in [3.63, 3.8) is 0 Å². The highest BCUT2D eigenvalue weighted by Gasteiger charge is 2.09. The molecule has 0 aliphatic heterocycles. The fourth-order valence-corrected chi connectivity index (χ4v) is 3.52. The molecule has 0 saturated heterocycles. The molecule has 5 nitrogen and oxygen atoms in total. The topological polar surface area (TPSA) is 54.9 Å². The second kappa shape index (κ2) is 11.9. The normalized spacial score (nSPS) is 10.7. The van der Waals surface area contributed by atoms with Crippen molar-refractivity contribution in [1.82, 2.24) is 5.43 Å². The van der Waals surface area contributed by atoms with Crippen molar-refractivity contribution in [2.24, 2.45) is 5.10 Å². The lowest BCUT2D eigenvalue weighted by atomic mass is 10.2. The highest BCUT2D eigenvalue weighted by molar-refractivity contribution is 9.10. The highest BCUT2D eigenvalue weighted by Crippen LogP contribution is 2.33. The Kier molecular flexibility index (Phi) is 8.97. The molecule has 0 unspecified atom stereocenters. The minimum atomic E-state index is 0.296. The molecule has 0 spiro atoms. The Bertz CT molecular complexity index is 1030. The van der Waals surface area contributed by atoms with Crippen molar-refractivity contribution in [3.05, 3.63) is 86.8 Å². The van der Waals surface area contributed by atoms with Gasteiger partial charge in [-0.2, -0.15) is 5.10 Å². The van der Waals surface area contributed by atoms with E-state index in [2.05, 4.69) is 31.8 Å². The standard InChI is InChI=1S/C22H18BrCl2N3O2S/c23-16-6-8-18(9-7-16)29-10-11-30-21-19(24)12-15(13-20(21)25)14-26-28-22(31)27-17-4-2-1-3-5-17/h1-9,12-14H,10-11H2,(H2,27,28,31)/b26-14+. The van der Waals surface area contributed by atoms with Gasteiger partial charge in [0, 0.05) is 10.2 Å². The van der Waals surface area contributed by atoms with Crippen LogP contribution in [-0.4, -0.2) is 24.5 Å². The molecule has 160 valence electrons. The van der Waals surface area contributed by atoms with E-state index in [1.165, 1.54) is 0 Å². The van der Waals surface area contributed by atoms with Crippen molar-refractivity contribution in [3.8, 4) is 11.5 Å². The lowest BCUT2D eigenvalue weighted by Gasteiger charge is -2.12. The molecule has 0 heterocycles. The number of para-hydroxylation sites is 1. The molecule has 0 aromatic heterocycles. The van der Waals surface area contributed by atoms with Gasteiger partial charge in [0.05, 0.1) is 16.3 Å². The third kappa shape index (κ3) is 7.70. The quantitative estimate of drug-likeness (QED) is 0.148. The number of ether oxygens (including phenoxy) is 2. The molecule has 0 bridgehead atoms. The summed E-state index contributed by atoms with van der Waals surface area (Å²) in [6, 6.07) is 20.5. The Hall–Kier alpha value is -2.32. The fourth-order valence-electron chi connectivity index (χ4n) is 2.47. The van der Waals surface area contributed by atoms with Crippen LogP contribution in [0.25, 0.3) is 0 Å². The average Bonchev–Trinajstić information content (AvgIpc) is 2.74. The number of hydrogen-bond acceptors (Lipinski definition) is 4. The van der Waals surface area contributed by atoms with Crippen molar-refractivity contribution < 1.29 is 9.47 Å². The Balaban J connectivity index is 1.49. The van der Waals surface area contributed by atoms with Gasteiger partial charge in [-0.1, -0.05) is 57.3 Å². The Morgan fingerprint density at radius 3 is 2.29 bits per heavy atom. The average molecular weight is 539 g/mol. The second-order valence-electron chi connectivity index (χ2n) is 6.15. The molecule has 31 heavy (non-hydrogen) atoms. The lowest BCUT2D eigenvalue weighted by molar-refractivity contribution is 0.217. The van der Waals surface area contributed by atoms with Gasteiger partial charge >= 0.3 is 0 Å². The number of nitrogens with one attached hydrogen (secondary N) is 2. The molecule has 0 atom stereocenters. The number of hydrazone groups is 1. The molecular weight excluding hydrogens is 521 g/mol. The number of halogens is 3. The second-order valence-corrected chi connectivity index (χ2v) is 8.29. The zero-order chi connectivity index (χ0) is 22.1. The van der Waals surface area contributed by atoms with Crippen LogP contribution in [0.5, 0.6) is 11.5 Å². The summed E-state index contributed by atoms with van der Waals surface area (Å²) in [7, 11) is 0. The number of rotatable bonds is 8. The number of benzene rings is 3. The Morgan fingerprint density at radius 1 is 0.968 bits per heavy atom. The molecule has 3 aromatic rings. The smallest absolute Gasteiger partial charge is 0.191 e. The first-order valence-electron chi connectivity index (χ1n) is 9.16. The van der Waals surface area contributed by atoms with Crippen LogP contribution in [-0.2, 0) is 0 Å². The molecule has 3 rings (SSSR count). The first-order valence-corrected chi connectivity index (χ1v) is 11.1. The summed E-state index contributed by atoms with van der Waals surface area (Å²) in [5.41, 5.74) is 4.31. The van der Waals surface area contributed by atoms with E-state index < -0.39 is 0 Å². The Labute approximate surface area is 204 Å². The van der Waals surface area contributed by atoms with Crippen molar-refractivity contribution in [2.45, 2.75) is 0 Å². The summed E-state index contributed by atoms with van der Waals surface area (Å²) in [6.45, 7) is 0.650. The molecule has 9 heteroatoms. The van der Waals surface area contributed by atoms with Crippen LogP contribution in [0, 0.1) is 0 Å². The molecule has 2 N–H and O–H groups in total. The predicted octanol–water partition coefficient (Wildman–Crippen LogP) is 6.53. The molecule has 0 aliphatic carbocycles. The fraction of sp³-hybridized carbons (Fsp3) is 0.0909. The first-order chi connectivity index (χ1) is 15.0. The van der Waals surface area contributed by atoms with Crippen molar-refractivity contribution >= 4 is 68.4 Å². The molecule has 0 fully saturated rings. The van der Waals surface area contributed by atoms with Crippen LogP contribution in [0.2, 0.25) is 10.0 Å². The lowest BCUT2D eigenvalue weighted by Crippen LogP contribution is -2.23. The van der Waals surface area contributed by atoms with Crippen LogP contribution in [0.15, 0.2) is 76.3 Å². The maximum absolute atomic E-state index is 6.32. The first kappa shape index (κ1) is 23.3. The summed E-state index contributed by atoms with van der Waals surface area (Å²) in [5, 5.41) is 8.25. The zero-order valence-corrected chi connectivity index (χ0v) is 20.1. The maximum Gasteiger partial charge on any atom is 0.191 e. The Morgan fingerprint density at radius 2 is 1.61 bits per heavy atom. The van der Waals surface area contributed by atoms with E-state index in [1.807, 2.05) is 54.6 Å². The maximum atomic E-state index is 6.32. The SMILES string of the molecule is S=C(N/N=C/c1cc(Cl)c(OCCOc2ccc(Br)cc2)c(Cl)c1)Nc1ccccc1. The van der Waals surface area contributed by atoms with Gasteiger partial charge < -0.3 is 14.8 Å². The van der Waals surface area contributed by atoms with E-state index in [0.29, 0.717) is 39.7 Å². The summed E-state index contributed by atoms with van der Waals surface area (Å²) in [4.78, 5) is 0. The third-order valence-electron chi connectivity index (χ3n) is 3.84. The van der Waals surface area contributed by atoms with Gasteiger partial charge in [-0.3, -0.25) is 5.43 Å². The molecule has 0 saturated carbocycles. The summed E-state index contributed by atoms with van der Waals surface area (Å²) < 4.78 is 12.3. The summed E-state index contributed by atoms with van der Waals surface area (Å²) in [6.07, 6.45) is 1.57. The van der Waals surface area contributed by atoms with Gasteiger partial charge in [-0.05, 0) is 66.3 Å². The van der Waals surface area contributed by atoms with E-state index in [0.717, 1.165) is 15.9 Å². The van der Waals surface area contributed by atoms with Crippen molar-refractivity contribution in [2.75, 3.05) is 18.5 Å².